The quantitative estimate of drug-likeness (QED) is 0.560. The van der Waals surface area contributed by atoms with E-state index in [0.717, 1.165) is 18.9 Å². The van der Waals surface area contributed by atoms with Crippen LogP contribution < -0.4 is 5.32 Å². The highest BCUT2D eigenvalue weighted by Crippen LogP contribution is 2.28. The van der Waals surface area contributed by atoms with Gasteiger partial charge in [-0.1, -0.05) is 32.4 Å². The Labute approximate surface area is 111 Å². The molecule has 3 heterocycles. The smallest absolute Gasteiger partial charge is 0.111 e. The van der Waals surface area contributed by atoms with Gasteiger partial charge in [-0.25, -0.2) is 0 Å². The Hall–Kier alpha value is -0.380. The molecule has 3 aliphatic heterocycles. The molecule has 3 aliphatic rings. The first kappa shape index (κ1) is 14.0. The Bertz CT molecular complexity index is 272. The van der Waals surface area contributed by atoms with E-state index < -0.39 is 6.23 Å². The van der Waals surface area contributed by atoms with Crippen LogP contribution in [-0.4, -0.2) is 41.9 Å². The van der Waals surface area contributed by atoms with Crippen LogP contribution >= 0.6 is 0 Å². The first-order valence-corrected chi connectivity index (χ1v) is 7.54. The van der Waals surface area contributed by atoms with E-state index >= 15 is 0 Å². The molecule has 0 radical (unpaired) electrons. The fraction of sp³-hybridized carbons (Fsp3) is 0.867. The molecule has 18 heavy (non-hydrogen) atoms. The third-order valence-electron chi connectivity index (χ3n) is 4.43. The number of hydrogen-bond acceptors (Lipinski definition) is 3. The highest BCUT2D eigenvalue weighted by atomic mass is 16.3. The van der Waals surface area contributed by atoms with Crippen molar-refractivity contribution in [2.45, 2.75) is 51.8 Å². The largest absolute Gasteiger partial charge is 0.378 e. The second-order valence-corrected chi connectivity index (χ2v) is 5.93. The summed E-state index contributed by atoms with van der Waals surface area (Å²) in [7, 11) is 0. The summed E-state index contributed by atoms with van der Waals surface area (Å²) in [6.07, 6.45) is 8.80. The van der Waals surface area contributed by atoms with Gasteiger partial charge in [0.15, 0.2) is 0 Å². The molecule has 0 saturated carbocycles. The molecule has 0 aromatic carbocycles. The molecule has 0 aromatic rings. The van der Waals surface area contributed by atoms with E-state index in [1.807, 2.05) is 0 Å². The predicted molar refractivity (Wildman–Crippen MR) is 75.3 cm³/mol. The van der Waals surface area contributed by atoms with Gasteiger partial charge in [-0.15, -0.1) is 0 Å². The number of nitrogens with one attached hydrogen (secondary N) is 1. The van der Waals surface area contributed by atoms with E-state index in [-0.39, 0.29) is 5.92 Å². The molecule has 3 saturated heterocycles. The minimum Gasteiger partial charge on any atom is -0.378 e. The zero-order valence-corrected chi connectivity index (χ0v) is 11.8. The number of aliphatic hydroxyl groups is 1. The second kappa shape index (κ2) is 6.69. The summed E-state index contributed by atoms with van der Waals surface area (Å²) >= 11 is 0. The average molecular weight is 252 g/mol. The third-order valence-corrected chi connectivity index (χ3v) is 4.43. The summed E-state index contributed by atoms with van der Waals surface area (Å²) in [5.74, 6) is 0.975. The van der Waals surface area contributed by atoms with E-state index in [9.17, 15) is 5.11 Å². The summed E-state index contributed by atoms with van der Waals surface area (Å²) < 4.78 is 0. The molecule has 2 bridgehead atoms. The van der Waals surface area contributed by atoms with E-state index in [1.54, 1.807) is 0 Å². The van der Waals surface area contributed by atoms with E-state index in [4.69, 9.17) is 0 Å². The molecule has 3 rings (SSSR count). The second-order valence-electron chi connectivity index (χ2n) is 5.93. The number of hydrogen-bond donors (Lipinski definition) is 2. The van der Waals surface area contributed by atoms with Gasteiger partial charge in [-0.05, 0) is 38.3 Å². The van der Waals surface area contributed by atoms with E-state index in [1.165, 1.54) is 32.4 Å². The van der Waals surface area contributed by atoms with Crippen LogP contribution in [0.25, 0.3) is 0 Å². The van der Waals surface area contributed by atoms with Crippen LogP contribution in [0.3, 0.4) is 0 Å². The lowest BCUT2D eigenvalue weighted by atomic mass is 9.83. The average Bonchev–Trinajstić information content (AvgIpc) is 2.40. The van der Waals surface area contributed by atoms with Crippen molar-refractivity contribution in [2.75, 3.05) is 19.6 Å². The van der Waals surface area contributed by atoms with Crippen molar-refractivity contribution in [2.24, 2.45) is 11.8 Å². The van der Waals surface area contributed by atoms with Gasteiger partial charge in [0.2, 0.25) is 0 Å². The molecule has 3 atom stereocenters. The molecular weight excluding hydrogens is 224 g/mol. The first-order chi connectivity index (χ1) is 8.70. The van der Waals surface area contributed by atoms with Crippen molar-refractivity contribution in [3.05, 3.63) is 12.2 Å². The van der Waals surface area contributed by atoms with Crippen LogP contribution in [-0.2, 0) is 0 Å². The van der Waals surface area contributed by atoms with Crippen LogP contribution in [0.5, 0.6) is 0 Å². The Kier molecular flexibility index (Phi) is 5.22. The highest BCUT2D eigenvalue weighted by molar-refractivity contribution is 4.94. The molecule has 3 nitrogen and oxygen atoms in total. The topological polar surface area (TPSA) is 35.5 Å². The van der Waals surface area contributed by atoms with Crippen LogP contribution in [0.4, 0.5) is 0 Å². The van der Waals surface area contributed by atoms with Crippen molar-refractivity contribution < 1.29 is 5.11 Å². The summed E-state index contributed by atoms with van der Waals surface area (Å²) in [5.41, 5.74) is 0. The highest BCUT2D eigenvalue weighted by Gasteiger charge is 2.35. The maximum absolute atomic E-state index is 10.2. The normalized spacial score (nSPS) is 34.9. The number of nitrogens with zero attached hydrogens (tertiary/aromatic N) is 1. The maximum Gasteiger partial charge on any atom is 0.111 e. The SMILES string of the molecule is CCC/C=C\C(C)C(O)N[C@H]1CN2CCC1CC2. The van der Waals surface area contributed by atoms with Gasteiger partial charge in [0.25, 0.3) is 0 Å². The van der Waals surface area contributed by atoms with Crippen molar-refractivity contribution in [3.63, 3.8) is 0 Å². The zero-order valence-electron chi connectivity index (χ0n) is 11.8. The zero-order chi connectivity index (χ0) is 13.0. The Morgan fingerprint density at radius 3 is 2.67 bits per heavy atom. The molecular formula is C15H28N2O. The molecule has 0 aromatic heterocycles. The van der Waals surface area contributed by atoms with Crippen LogP contribution in [0.15, 0.2) is 12.2 Å². The van der Waals surface area contributed by atoms with Crippen molar-refractivity contribution in [1.29, 1.82) is 0 Å². The van der Waals surface area contributed by atoms with Gasteiger partial charge in [0.1, 0.15) is 6.23 Å². The number of allylic oxidation sites excluding steroid dienone is 1. The molecule has 0 spiro atoms. The lowest BCUT2D eigenvalue weighted by Crippen LogP contribution is -2.58. The van der Waals surface area contributed by atoms with Gasteiger partial charge < -0.3 is 10.0 Å². The monoisotopic (exact) mass is 252 g/mol. The number of aliphatic hydroxyl groups excluding tert-OH is 1. The van der Waals surface area contributed by atoms with Crippen molar-refractivity contribution in [3.8, 4) is 0 Å². The summed E-state index contributed by atoms with van der Waals surface area (Å²) in [6.45, 7) is 7.89. The molecule has 0 aliphatic carbocycles. The minimum atomic E-state index is -0.399. The minimum absolute atomic E-state index is 0.201. The Morgan fingerprint density at radius 2 is 2.11 bits per heavy atom. The third kappa shape index (κ3) is 3.56. The molecule has 0 amide bonds. The van der Waals surface area contributed by atoms with Crippen LogP contribution in [0, 0.1) is 11.8 Å². The number of piperidine rings is 3. The van der Waals surface area contributed by atoms with Gasteiger partial charge in [-0.2, -0.15) is 0 Å². The fourth-order valence-corrected chi connectivity index (χ4v) is 3.11. The molecule has 3 fully saturated rings. The van der Waals surface area contributed by atoms with Gasteiger partial charge in [0, 0.05) is 18.5 Å². The van der Waals surface area contributed by atoms with Crippen LogP contribution in [0.2, 0.25) is 0 Å². The van der Waals surface area contributed by atoms with Crippen molar-refractivity contribution in [1.82, 2.24) is 10.2 Å². The Balaban J connectivity index is 1.78. The lowest BCUT2D eigenvalue weighted by molar-refractivity contribution is 0.0192. The lowest BCUT2D eigenvalue weighted by Gasteiger charge is -2.46. The predicted octanol–water partition coefficient (Wildman–Crippen LogP) is 1.98. The van der Waals surface area contributed by atoms with Crippen molar-refractivity contribution >= 4 is 0 Å². The Morgan fingerprint density at radius 1 is 1.39 bits per heavy atom. The molecule has 2 N–H and O–H groups in total. The van der Waals surface area contributed by atoms with Crippen LogP contribution in [0.1, 0.15) is 39.5 Å². The molecule has 104 valence electrons. The standard InChI is InChI=1S/C15H28N2O/c1-3-4-5-6-12(2)15(18)16-14-11-17-9-7-13(14)8-10-17/h5-6,12-16,18H,3-4,7-11H2,1-2H3/b6-5-/t12?,14-,15?/m0/s1. The molecule has 3 heteroatoms. The van der Waals surface area contributed by atoms with Gasteiger partial charge in [0.05, 0.1) is 0 Å². The maximum atomic E-state index is 10.2. The number of unbranched alkanes of at least 4 members (excludes halogenated alkanes) is 1. The fourth-order valence-electron chi connectivity index (χ4n) is 3.11. The first-order valence-electron chi connectivity index (χ1n) is 7.54. The summed E-state index contributed by atoms with van der Waals surface area (Å²) in [6, 6.07) is 0.490. The van der Waals surface area contributed by atoms with E-state index in [0.29, 0.717) is 6.04 Å². The summed E-state index contributed by atoms with van der Waals surface area (Å²) in [4.78, 5) is 2.52. The number of fused-ring (bicyclic) bond motifs is 3. The molecule has 2 unspecified atom stereocenters. The van der Waals surface area contributed by atoms with Gasteiger partial charge >= 0.3 is 0 Å². The van der Waals surface area contributed by atoms with E-state index in [2.05, 4.69) is 36.2 Å². The summed E-state index contributed by atoms with van der Waals surface area (Å²) in [5, 5.41) is 13.7. The van der Waals surface area contributed by atoms with Gasteiger partial charge in [-0.3, -0.25) is 5.32 Å². The number of rotatable bonds is 6.